The Morgan fingerprint density at radius 2 is 1.89 bits per heavy atom. The lowest BCUT2D eigenvalue weighted by Crippen LogP contribution is -2.42. The van der Waals surface area contributed by atoms with Gasteiger partial charge in [-0.2, -0.15) is 11.8 Å². The molecule has 0 spiro atoms. The standard InChI is InChI=1S/C19H29Cl2N3O2S/c1-3-22-18(24-13-19(27-4-2)5-7-26-8-6-19)23-12-17(25)14-9-15(20)11-16(21)10-14/h9-11,17,25H,3-8,12-13H2,1-2H3,(H2,22,23,24). The smallest absolute Gasteiger partial charge is 0.191 e. The van der Waals surface area contributed by atoms with Crippen LogP contribution < -0.4 is 10.6 Å². The molecule has 0 aromatic heterocycles. The zero-order valence-corrected chi connectivity index (χ0v) is 18.3. The fourth-order valence-corrected chi connectivity index (χ4v) is 4.81. The normalized spacial score (nSPS) is 18.2. The average Bonchev–Trinajstić information content (AvgIpc) is 2.64. The molecular weight excluding hydrogens is 405 g/mol. The van der Waals surface area contributed by atoms with Gasteiger partial charge in [0.05, 0.1) is 12.6 Å². The summed E-state index contributed by atoms with van der Waals surface area (Å²) in [5, 5.41) is 17.9. The molecule has 1 aliphatic heterocycles. The summed E-state index contributed by atoms with van der Waals surface area (Å²) < 4.78 is 5.66. The van der Waals surface area contributed by atoms with Crippen LogP contribution in [0.4, 0.5) is 0 Å². The zero-order valence-electron chi connectivity index (χ0n) is 15.9. The maximum Gasteiger partial charge on any atom is 0.191 e. The quantitative estimate of drug-likeness (QED) is 0.428. The number of benzene rings is 1. The number of aliphatic hydroxyl groups is 1. The molecule has 27 heavy (non-hydrogen) atoms. The van der Waals surface area contributed by atoms with Crippen LogP contribution in [0.3, 0.4) is 0 Å². The van der Waals surface area contributed by atoms with Crippen LogP contribution in [-0.2, 0) is 4.74 Å². The molecule has 5 nitrogen and oxygen atoms in total. The summed E-state index contributed by atoms with van der Waals surface area (Å²) in [6.07, 6.45) is 1.29. The first-order valence-corrected chi connectivity index (χ1v) is 11.1. The van der Waals surface area contributed by atoms with E-state index in [0.29, 0.717) is 28.1 Å². The number of guanidine groups is 1. The first-order chi connectivity index (χ1) is 13.0. The zero-order chi connectivity index (χ0) is 19.7. The number of hydrogen-bond acceptors (Lipinski definition) is 4. The minimum absolute atomic E-state index is 0.133. The number of ether oxygens (including phenoxy) is 1. The van der Waals surface area contributed by atoms with Gasteiger partial charge >= 0.3 is 0 Å². The van der Waals surface area contributed by atoms with Gasteiger partial charge in [0, 0.05) is 41.1 Å². The third-order valence-corrected chi connectivity index (χ3v) is 6.33. The number of nitrogens with one attached hydrogen (secondary N) is 2. The van der Waals surface area contributed by atoms with Gasteiger partial charge in [0.1, 0.15) is 0 Å². The maximum absolute atomic E-state index is 10.5. The lowest BCUT2D eigenvalue weighted by molar-refractivity contribution is 0.0793. The van der Waals surface area contributed by atoms with E-state index in [1.807, 2.05) is 18.7 Å². The largest absolute Gasteiger partial charge is 0.387 e. The van der Waals surface area contributed by atoms with Gasteiger partial charge in [-0.25, -0.2) is 0 Å². The van der Waals surface area contributed by atoms with Gasteiger partial charge in [0.15, 0.2) is 5.96 Å². The van der Waals surface area contributed by atoms with Crippen molar-refractivity contribution in [3.05, 3.63) is 33.8 Å². The molecule has 0 bridgehead atoms. The van der Waals surface area contributed by atoms with Crippen LogP contribution in [0.25, 0.3) is 0 Å². The van der Waals surface area contributed by atoms with Crippen molar-refractivity contribution in [3.8, 4) is 0 Å². The number of rotatable bonds is 8. The van der Waals surface area contributed by atoms with Crippen LogP contribution in [0, 0.1) is 0 Å². The summed E-state index contributed by atoms with van der Waals surface area (Å²) in [5.41, 5.74) is 0.679. The molecule has 3 N–H and O–H groups in total. The summed E-state index contributed by atoms with van der Waals surface area (Å²) in [6, 6.07) is 5.09. The highest BCUT2D eigenvalue weighted by Gasteiger charge is 2.32. The van der Waals surface area contributed by atoms with Gasteiger partial charge in [0.2, 0.25) is 0 Å². The highest BCUT2D eigenvalue weighted by Crippen LogP contribution is 2.35. The van der Waals surface area contributed by atoms with Crippen LogP contribution in [0.15, 0.2) is 23.2 Å². The molecule has 1 aliphatic rings. The summed E-state index contributed by atoms with van der Waals surface area (Å²) in [6.45, 7) is 7.59. The lowest BCUT2D eigenvalue weighted by atomic mass is 9.99. The van der Waals surface area contributed by atoms with Gasteiger partial charge < -0.3 is 20.5 Å². The molecule has 2 rings (SSSR count). The van der Waals surface area contributed by atoms with E-state index in [2.05, 4.69) is 17.6 Å². The molecule has 0 saturated carbocycles. The first kappa shape index (κ1) is 22.6. The Balaban J connectivity index is 1.99. The Kier molecular flexibility index (Phi) is 9.53. The highest BCUT2D eigenvalue weighted by atomic mass is 35.5. The molecule has 1 saturated heterocycles. The molecule has 1 unspecified atom stereocenters. The van der Waals surface area contributed by atoms with E-state index in [0.717, 1.165) is 44.9 Å². The molecule has 0 amide bonds. The van der Waals surface area contributed by atoms with E-state index in [9.17, 15) is 5.11 Å². The second kappa shape index (κ2) is 11.4. The van der Waals surface area contributed by atoms with Crippen LogP contribution >= 0.6 is 35.0 Å². The van der Waals surface area contributed by atoms with E-state index in [1.165, 1.54) is 0 Å². The van der Waals surface area contributed by atoms with Gasteiger partial charge in [-0.1, -0.05) is 30.1 Å². The third-order valence-electron chi connectivity index (χ3n) is 4.46. The van der Waals surface area contributed by atoms with E-state index in [-0.39, 0.29) is 4.75 Å². The SMILES string of the molecule is CCNC(=NCC1(SCC)CCOCC1)NCC(O)c1cc(Cl)cc(Cl)c1. The van der Waals surface area contributed by atoms with Crippen molar-refractivity contribution in [2.75, 3.05) is 38.6 Å². The van der Waals surface area contributed by atoms with Crippen molar-refractivity contribution >= 4 is 40.9 Å². The van der Waals surface area contributed by atoms with Crippen molar-refractivity contribution in [1.82, 2.24) is 10.6 Å². The van der Waals surface area contributed by atoms with Crippen LogP contribution in [-0.4, -0.2) is 54.4 Å². The van der Waals surface area contributed by atoms with E-state index >= 15 is 0 Å². The molecule has 0 radical (unpaired) electrons. The Bertz CT molecular complexity index is 599. The Labute approximate surface area is 176 Å². The van der Waals surface area contributed by atoms with Gasteiger partial charge in [-0.3, -0.25) is 4.99 Å². The van der Waals surface area contributed by atoms with Gasteiger partial charge in [-0.15, -0.1) is 0 Å². The predicted octanol–water partition coefficient (Wildman–Crippen LogP) is 3.88. The van der Waals surface area contributed by atoms with Gasteiger partial charge in [-0.05, 0) is 49.3 Å². The summed E-state index contributed by atoms with van der Waals surface area (Å²) >= 11 is 14.0. The molecule has 1 aromatic rings. The molecular formula is C19H29Cl2N3O2S. The lowest BCUT2D eigenvalue weighted by Gasteiger charge is -2.35. The third kappa shape index (κ3) is 7.35. The second-order valence-electron chi connectivity index (χ2n) is 6.52. The Morgan fingerprint density at radius 3 is 2.48 bits per heavy atom. The van der Waals surface area contributed by atoms with Crippen molar-refractivity contribution in [3.63, 3.8) is 0 Å². The maximum atomic E-state index is 10.5. The molecule has 8 heteroatoms. The van der Waals surface area contributed by atoms with Gasteiger partial charge in [0.25, 0.3) is 0 Å². The summed E-state index contributed by atoms with van der Waals surface area (Å²) in [4.78, 5) is 4.78. The number of aliphatic hydroxyl groups excluding tert-OH is 1. The van der Waals surface area contributed by atoms with E-state index < -0.39 is 6.10 Å². The minimum atomic E-state index is -0.730. The number of aliphatic imine (C=N–C) groups is 1. The summed E-state index contributed by atoms with van der Waals surface area (Å²) in [5.74, 6) is 1.76. The Hall–Kier alpha value is -0.660. The Morgan fingerprint density at radius 1 is 1.22 bits per heavy atom. The minimum Gasteiger partial charge on any atom is -0.387 e. The fourth-order valence-electron chi connectivity index (χ4n) is 3.04. The van der Waals surface area contributed by atoms with Crippen LogP contribution in [0.5, 0.6) is 0 Å². The highest BCUT2D eigenvalue weighted by molar-refractivity contribution is 8.00. The van der Waals surface area contributed by atoms with Crippen molar-refractivity contribution in [1.29, 1.82) is 0 Å². The van der Waals surface area contributed by atoms with Crippen molar-refractivity contribution < 1.29 is 9.84 Å². The predicted molar refractivity (Wildman–Crippen MR) is 116 cm³/mol. The molecule has 1 heterocycles. The molecule has 1 atom stereocenters. The van der Waals surface area contributed by atoms with E-state index in [4.69, 9.17) is 32.9 Å². The molecule has 0 aliphatic carbocycles. The number of halogens is 2. The fraction of sp³-hybridized carbons (Fsp3) is 0.632. The molecule has 1 aromatic carbocycles. The number of thioether (sulfide) groups is 1. The van der Waals surface area contributed by atoms with Crippen LogP contribution in [0.1, 0.15) is 38.4 Å². The molecule has 1 fully saturated rings. The summed E-state index contributed by atoms with van der Waals surface area (Å²) in [7, 11) is 0. The second-order valence-corrected chi connectivity index (χ2v) is 9.13. The van der Waals surface area contributed by atoms with E-state index in [1.54, 1.807) is 18.2 Å². The first-order valence-electron chi connectivity index (χ1n) is 9.36. The van der Waals surface area contributed by atoms with Crippen molar-refractivity contribution in [2.45, 2.75) is 37.5 Å². The number of hydrogen-bond donors (Lipinski definition) is 3. The average molecular weight is 434 g/mol. The molecule has 152 valence electrons. The monoisotopic (exact) mass is 433 g/mol. The topological polar surface area (TPSA) is 65.9 Å². The van der Waals surface area contributed by atoms with Crippen molar-refractivity contribution in [2.24, 2.45) is 4.99 Å². The van der Waals surface area contributed by atoms with Crippen LogP contribution in [0.2, 0.25) is 10.0 Å². The number of nitrogens with zero attached hydrogens (tertiary/aromatic N) is 1.